The predicted octanol–water partition coefficient (Wildman–Crippen LogP) is 0.453. The smallest absolute Gasteiger partial charge is 0.223 e. The van der Waals surface area contributed by atoms with Crippen LogP contribution in [0.3, 0.4) is 0 Å². The first-order valence-corrected chi connectivity index (χ1v) is 4.96. The summed E-state index contributed by atoms with van der Waals surface area (Å²) in [5.74, 6) is 0.0897. The Morgan fingerprint density at radius 3 is 2.93 bits per heavy atom. The molecule has 1 heterocycles. The molecule has 1 saturated heterocycles. The molecule has 1 aliphatic heterocycles. The van der Waals surface area contributed by atoms with E-state index in [1.807, 2.05) is 13.1 Å². The summed E-state index contributed by atoms with van der Waals surface area (Å²) < 4.78 is 0. The van der Waals surface area contributed by atoms with Gasteiger partial charge in [0, 0.05) is 32.5 Å². The zero-order valence-corrected chi connectivity index (χ0v) is 8.86. The lowest BCUT2D eigenvalue weighted by Crippen LogP contribution is -2.38. The number of rotatable bonds is 3. The minimum absolute atomic E-state index is 0.0897. The van der Waals surface area contributed by atoms with Crippen molar-refractivity contribution in [2.75, 3.05) is 27.2 Å². The maximum Gasteiger partial charge on any atom is 0.223 e. The van der Waals surface area contributed by atoms with Gasteiger partial charge in [0.15, 0.2) is 0 Å². The summed E-state index contributed by atoms with van der Waals surface area (Å²) in [5, 5.41) is 8.38. The van der Waals surface area contributed by atoms with Gasteiger partial charge in [-0.05, 0) is 20.0 Å². The number of hydrogen-bond acceptors (Lipinski definition) is 3. The van der Waals surface area contributed by atoms with Gasteiger partial charge in [0.25, 0.3) is 0 Å². The lowest BCUT2D eigenvalue weighted by molar-refractivity contribution is -0.131. The number of nitriles is 1. The second-order valence-electron chi connectivity index (χ2n) is 3.87. The Morgan fingerprint density at radius 1 is 1.71 bits per heavy atom. The molecule has 78 valence electrons. The van der Waals surface area contributed by atoms with Crippen molar-refractivity contribution >= 4 is 5.91 Å². The maximum atomic E-state index is 11.6. The van der Waals surface area contributed by atoms with Gasteiger partial charge in [0.2, 0.25) is 5.91 Å². The van der Waals surface area contributed by atoms with E-state index in [9.17, 15) is 4.79 Å². The Labute approximate surface area is 85.1 Å². The van der Waals surface area contributed by atoms with E-state index in [1.54, 1.807) is 4.90 Å². The highest BCUT2D eigenvalue weighted by Gasteiger charge is 2.25. The Hall–Kier alpha value is -1.08. The van der Waals surface area contributed by atoms with Crippen molar-refractivity contribution in [1.82, 2.24) is 9.80 Å². The van der Waals surface area contributed by atoms with Gasteiger partial charge >= 0.3 is 0 Å². The average Bonchev–Trinajstić information content (AvgIpc) is 2.60. The Balaban J connectivity index is 2.37. The van der Waals surface area contributed by atoms with Gasteiger partial charge in [-0.3, -0.25) is 4.79 Å². The third-order valence-electron chi connectivity index (χ3n) is 2.76. The molecular weight excluding hydrogens is 178 g/mol. The van der Waals surface area contributed by atoms with E-state index in [-0.39, 0.29) is 5.91 Å². The van der Waals surface area contributed by atoms with Gasteiger partial charge in [0.1, 0.15) is 0 Å². The molecule has 1 atom stereocenters. The average molecular weight is 195 g/mol. The molecule has 0 bridgehead atoms. The molecule has 0 radical (unpaired) electrons. The van der Waals surface area contributed by atoms with Crippen LogP contribution in [0.25, 0.3) is 0 Å². The van der Waals surface area contributed by atoms with Crippen LogP contribution in [0.2, 0.25) is 0 Å². The van der Waals surface area contributed by atoms with Gasteiger partial charge in [-0.25, -0.2) is 0 Å². The van der Waals surface area contributed by atoms with Crippen LogP contribution in [0.4, 0.5) is 0 Å². The van der Waals surface area contributed by atoms with E-state index in [1.165, 1.54) is 0 Å². The minimum atomic E-state index is 0.0897. The largest absolute Gasteiger partial charge is 0.341 e. The van der Waals surface area contributed by atoms with Crippen LogP contribution in [0.1, 0.15) is 19.3 Å². The Kier molecular flexibility index (Phi) is 3.90. The molecule has 4 nitrogen and oxygen atoms in total. The highest BCUT2D eigenvalue weighted by molar-refractivity contribution is 5.76. The fraction of sp³-hybridized carbons (Fsp3) is 0.800. The number of carbonyl (C=O) groups is 1. The molecule has 0 spiro atoms. The fourth-order valence-electron chi connectivity index (χ4n) is 1.77. The molecule has 0 aromatic heterocycles. The summed E-state index contributed by atoms with van der Waals surface area (Å²) in [4.78, 5) is 15.6. The fourth-order valence-corrected chi connectivity index (χ4v) is 1.77. The molecule has 14 heavy (non-hydrogen) atoms. The number of amides is 1. The number of likely N-dealkylation sites (N-methyl/N-ethyl adjacent to an activating group) is 2. The highest BCUT2D eigenvalue weighted by Crippen LogP contribution is 2.13. The predicted molar refractivity (Wildman–Crippen MR) is 53.5 cm³/mol. The van der Waals surface area contributed by atoms with E-state index in [0.29, 0.717) is 18.9 Å². The van der Waals surface area contributed by atoms with E-state index in [2.05, 4.69) is 11.9 Å². The molecular formula is C10H17N3O. The topological polar surface area (TPSA) is 47.3 Å². The summed E-state index contributed by atoms with van der Waals surface area (Å²) >= 11 is 0. The van der Waals surface area contributed by atoms with Crippen molar-refractivity contribution in [3.05, 3.63) is 0 Å². The van der Waals surface area contributed by atoms with Crippen molar-refractivity contribution in [1.29, 1.82) is 5.26 Å². The molecule has 0 saturated carbocycles. The SMILES string of the molecule is CN1CCC(N(C)C(=O)CCC#N)C1. The van der Waals surface area contributed by atoms with Gasteiger partial charge in [-0.15, -0.1) is 0 Å². The Morgan fingerprint density at radius 2 is 2.43 bits per heavy atom. The molecule has 1 fully saturated rings. The van der Waals surface area contributed by atoms with Crippen molar-refractivity contribution < 1.29 is 4.79 Å². The highest BCUT2D eigenvalue weighted by atomic mass is 16.2. The number of carbonyl (C=O) groups excluding carboxylic acids is 1. The normalized spacial score (nSPS) is 21.9. The zero-order chi connectivity index (χ0) is 10.6. The third kappa shape index (κ3) is 2.71. The van der Waals surface area contributed by atoms with E-state index in [0.717, 1.165) is 19.5 Å². The lowest BCUT2D eigenvalue weighted by atomic mass is 10.2. The molecule has 1 rings (SSSR count). The third-order valence-corrected chi connectivity index (χ3v) is 2.76. The summed E-state index contributed by atoms with van der Waals surface area (Å²) in [6.07, 6.45) is 1.73. The number of hydrogen-bond donors (Lipinski definition) is 0. The van der Waals surface area contributed by atoms with Crippen LogP contribution in [-0.2, 0) is 4.79 Å². The summed E-state index contributed by atoms with van der Waals surface area (Å²) in [7, 11) is 3.90. The van der Waals surface area contributed by atoms with Crippen molar-refractivity contribution in [2.24, 2.45) is 0 Å². The summed E-state index contributed by atoms with van der Waals surface area (Å²) in [5.41, 5.74) is 0. The zero-order valence-electron chi connectivity index (χ0n) is 8.86. The molecule has 0 aromatic carbocycles. The summed E-state index contributed by atoms with van der Waals surface area (Å²) in [6.45, 7) is 2.01. The van der Waals surface area contributed by atoms with E-state index in [4.69, 9.17) is 5.26 Å². The van der Waals surface area contributed by atoms with Crippen LogP contribution >= 0.6 is 0 Å². The second-order valence-corrected chi connectivity index (χ2v) is 3.87. The lowest BCUT2D eigenvalue weighted by Gasteiger charge is -2.24. The van der Waals surface area contributed by atoms with Gasteiger partial charge in [0.05, 0.1) is 6.07 Å². The van der Waals surface area contributed by atoms with Crippen molar-refractivity contribution in [2.45, 2.75) is 25.3 Å². The van der Waals surface area contributed by atoms with Gasteiger partial charge in [-0.1, -0.05) is 0 Å². The first-order chi connectivity index (χ1) is 6.65. The monoisotopic (exact) mass is 195 g/mol. The van der Waals surface area contributed by atoms with E-state index < -0.39 is 0 Å². The summed E-state index contributed by atoms with van der Waals surface area (Å²) in [6, 6.07) is 2.33. The van der Waals surface area contributed by atoms with Gasteiger partial charge in [-0.2, -0.15) is 5.26 Å². The van der Waals surface area contributed by atoms with Crippen LogP contribution in [0, 0.1) is 11.3 Å². The standard InChI is InChI=1S/C10H17N3O/c1-12-7-5-9(8-12)13(2)10(14)4-3-6-11/h9H,3-5,7-8H2,1-2H3. The second kappa shape index (κ2) is 4.97. The molecule has 1 aliphatic rings. The first kappa shape index (κ1) is 11.0. The number of nitrogens with zero attached hydrogens (tertiary/aromatic N) is 3. The molecule has 1 amide bonds. The van der Waals surface area contributed by atoms with Crippen molar-refractivity contribution in [3.63, 3.8) is 0 Å². The van der Waals surface area contributed by atoms with E-state index >= 15 is 0 Å². The molecule has 1 unspecified atom stereocenters. The minimum Gasteiger partial charge on any atom is -0.341 e. The molecule has 4 heteroatoms. The van der Waals surface area contributed by atoms with Crippen molar-refractivity contribution in [3.8, 4) is 6.07 Å². The molecule has 0 aromatic rings. The quantitative estimate of drug-likeness (QED) is 0.657. The Bertz CT molecular complexity index is 246. The maximum absolute atomic E-state index is 11.6. The van der Waals surface area contributed by atoms with Crippen LogP contribution < -0.4 is 0 Å². The first-order valence-electron chi connectivity index (χ1n) is 4.96. The van der Waals surface area contributed by atoms with Crippen LogP contribution in [0.15, 0.2) is 0 Å². The molecule has 0 aliphatic carbocycles. The van der Waals surface area contributed by atoms with Gasteiger partial charge < -0.3 is 9.80 Å². The van der Waals surface area contributed by atoms with Crippen LogP contribution in [0.5, 0.6) is 0 Å². The molecule has 0 N–H and O–H groups in total. The van der Waals surface area contributed by atoms with Crippen LogP contribution in [-0.4, -0.2) is 48.9 Å². The number of likely N-dealkylation sites (tertiary alicyclic amines) is 1.